The minimum absolute atomic E-state index is 0.225. The quantitative estimate of drug-likeness (QED) is 0.358. The maximum absolute atomic E-state index is 13.2. The molecule has 0 radical (unpaired) electrons. The number of rotatable bonds is 13. The second kappa shape index (κ2) is 10.8. The van der Waals surface area contributed by atoms with Crippen LogP contribution in [-0.4, -0.2) is 4.98 Å². The standard InChI is InChI=1S/C19H33F2NO/c1-4-6-8-10-12-14-19(3,13-11-9-7-5-2)17-16(18(20)21)23-15-22-17/h15,18H,4-14H2,1-3H3. The van der Waals surface area contributed by atoms with Crippen molar-refractivity contribution in [3.05, 3.63) is 17.8 Å². The van der Waals surface area contributed by atoms with Crippen LogP contribution in [0.2, 0.25) is 0 Å². The van der Waals surface area contributed by atoms with Crippen LogP contribution in [0.1, 0.15) is 109 Å². The molecule has 0 aromatic carbocycles. The minimum Gasteiger partial charge on any atom is -0.442 e. The van der Waals surface area contributed by atoms with E-state index in [1.807, 2.05) is 0 Å². The molecular weight excluding hydrogens is 296 g/mol. The highest BCUT2D eigenvalue weighted by Gasteiger charge is 2.34. The molecule has 0 fully saturated rings. The summed E-state index contributed by atoms with van der Waals surface area (Å²) >= 11 is 0. The third-order valence-electron chi connectivity index (χ3n) is 4.78. The van der Waals surface area contributed by atoms with Gasteiger partial charge in [-0.2, -0.15) is 0 Å². The van der Waals surface area contributed by atoms with Crippen LogP contribution in [-0.2, 0) is 5.41 Å². The Morgan fingerprint density at radius 3 is 2.00 bits per heavy atom. The summed E-state index contributed by atoms with van der Waals surface area (Å²) in [5, 5.41) is 0. The Kier molecular flexibility index (Phi) is 9.42. The Hall–Kier alpha value is -0.930. The molecule has 134 valence electrons. The molecule has 0 saturated carbocycles. The van der Waals surface area contributed by atoms with Gasteiger partial charge in [0, 0.05) is 5.41 Å². The maximum atomic E-state index is 13.2. The third kappa shape index (κ3) is 6.60. The van der Waals surface area contributed by atoms with Crippen LogP contribution in [0.5, 0.6) is 0 Å². The van der Waals surface area contributed by atoms with Crippen molar-refractivity contribution in [1.29, 1.82) is 0 Å². The topological polar surface area (TPSA) is 26.0 Å². The normalized spacial score (nSPS) is 14.3. The minimum atomic E-state index is -2.58. The van der Waals surface area contributed by atoms with Crippen LogP contribution in [0.4, 0.5) is 8.78 Å². The van der Waals surface area contributed by atoms with Crippen molar-refractivity contribution in [2.45, 2.75) is 103 Å². The molecule has 0 aliphatic rings. The van der Waals surface area contributed by atoms with Gasteiger partial charge in [0.1, 0.15) is 0 Å². The highest BCUT2D eigenvalue weighted by Crippen LogP contribution is 2.39. The zero-order valence-electron chi connectivity index (χ0n) is 15.0. The summed E-state index contributed by atoms with van der Waals surface area (Å²) in [6, 6.07) is 0. The number of alkyl halides is 2. The number of unbranched alkanes of at least 4 members (excludes halogenated alkanes) is 7. The summed E-state index contributed by atoms with van der Waals surface area (Å²) in [6.45, 7) is 6.46. The Bertz CT molecular complexity index is 419. The largest absolute Gasteiger partial charge is 0.442 e. The Morgan fingerprint density at radius 2 is 1.48 bits per heavy atom. The van der Waals surface area contributed by atoms with Crippen LogP contribution >= 0.6 is 0 Å². The van der Waals surface area contributed by atoms with Gasteiger partial charge in [0.05, 0.1) is 5.69 Å². The highest BCUT2D eigenvalue weighted by atomic mass is 19.3. The van der Waals surface area contributed by atoms with Gasteiger partial charge >= 0.3 is 0 Å². The van der Waals surface area contributed by atoms with Gasteiger partial charge in [0.25, 0.3) is 6.43 Å². The summed E-state index contributed by atoms with van der Waals surface area (Å²) in [6.07, 6.45) is 10.9. The molecule has 1 aromatic heterocycles. The molecule has 0 saturated heterocycles. The van der Waals surface area contributed by atoms with Gasteiger partial charge in [-0.15, -0.1) is 0 Å². The van der Waals surface area contributed by atoms with Crippen LogP contribution in [0.25, 0.3) is 0 Å². The van der Waals surface area contributed by atoms with Gasteiger partial charge in [0.15, 0.2) is 12.2 Å². The van der Waals surface area contributed by atoms with E-state index in [9.17, 15) is 8.78 Å². The molecule has 23 heavy (non-hydrogen) atoms. The zero-order valence-corrected chi connectivity index (χ0v) is 15.0. The lowest BCUT2D eigenvalue weighted by Gasteiger charge is -2.29. The van der Waals surface area contributed by atoms with Gasteiger partial charge in [0.2, 0.25) is 0 Å². The van der Waals surface area contributed by atoms with Crippen LogP contribution in [0.15, 0.2) is 10.8 Å². The summed E-state index contributed by atoms with van der Waals surface area (Å²) < 4.78 is 31.4. The predicted octanol–water partition coefficient (Wildman–Crippen LogP) is 7.20. The molecule has 1 heterocycles. The smallest absolute Gasteiger partial charge is 0.297 e. The van der Waals surface area contributed by atoms with Crippen molar-refractivity contribution in [2.24, 2.45) is 0 Å². The fourth-order valence-electron chi connectivity index (χ4n) is 3.29. The molecule has 0 amide bonds. The molecule has 0 spiro atoms. The maximum Gasteiger partial charge on any atom is 0.297 e. The predicted molar refractivity (Wildman–Crippen MR) is 90.9 cm³/mol. The van der Waals surface area contributed by atoms with E-state index in [1.54, 1.807) is 0 Å². The Balaban J connectivity index is 2.72. The molecule has 0 aliphatic heterocycles. The second-order valence-electron chi connectivity index (χ2n) is 6.90. The molecule has 1 unspecified atom stereocenters. The first kappa shape index (κ1) is 20.1. The van der Waals surface area contributed by atoms with Crippen molar-refractivity contribution in [3.63, 3.8) is 0 Å². The van der Waals surface area contributed by atoms with E-state index in [2.05, 4.69) is 25.8 Å². The number of aromatic nitrogens is 1. The number of hydrogen-bond acceptors (Lipinski definition) is 2. The summed E-state index contributed by atoms with van der Waals surface area (Å²) in [7, 11) is 0. The van der Waals surface area contributed by atoms with Crippen molar-refractivity contribution in [2.75, 3.05) is 0 Å². The van der Waals surface area contributed by atoms with E-state index >= 15 is 0 Å². The van der Waals surface area contributed by atoms with Gasteiger partial charge < -0.3 is 4.42 Å². The van der Waals surface area contributed by atoms with Crippen LogP contribution in [0.3, 0.4) is 0 Å². The molecule has 0 N–H and O–H groups in total. The monoisotopic (exact) mass is 329 g/mol. The lowest BCUT2D eigenvalue weighted by atomic mass is 9.76. The van der Waals surface area contributed by atoms with Crippen molar-refractivity contribution in [1.82, 2.24) is 4.98 Å². The van der Waals surface area contributed by atoms with E-state index < -0.39 is 6.43 Å². The first-order valence-corrected chi connectivity index (χ1v) is 9.27. The number of halogens is 2. The van der Waals surface area contributed by atoms with Gasteiger partial charge in [-0.1, -0.05) is 78.6 Å². The first-order chi connectivity index (χ1) is 11.0. The third-order valence-corrected chi connectivity index (χ3v) is 4.78. The molecule has 2 nitrogen and oxygen atoms in total. The molecule has 1 rings (SSSR count). The molecule has 1 atom stereocenters. The number of hydrogen-bond donors (Lipinski definition) is 0. The molecule has 0 bridgehead atoms. The summed E-state index contributed by atoms with van der Waals surface area (Å²) in [4.78, 5) is 4.18. The first-order valence-electron chi connectivity index (χ1n) is 9.27. The SMILES string of the molecule is CCCCCCCC(C)(CCCCCC)c1ncoc1C(F)F. The average molecular weight is 329 g/mol. The van der Waals surface area contributed by atoms with Gasteiger partial charge in [-0.05, 0) is 12.8 Å². The van der Waals surface area contributed by atoms with Crippen LogP contribution in [0, 0.1) is 0 Å². The summed E-state index contributed by atoms with van der Waals surface area (Å²) in [5.41, 5.74) is 0.193. The van der Waals surface area contributed by atoms with E-state index in [1.165, 1.54) is 44.9 Å². The molecular formula is C19H33F2NO. The molecule has 1 aromatic rings. The van der Waals surface area contributed by atoms with E-state index in [4.69, 9.17) is 4.42 Å². The number of oxazole rings is 1. The summed E-state index contributed by atoms with van der Waals surface area (Å²) in [5.74, 6) is -0.225. The molecule has 0 aliphatic carbocycles. The van der Waals surface area contributed by atoms with Gasteiger partial charge in [-0.3, -0.25) is 0 Å². The molecule has 4 heteroatoms. The number of nitrogens with zero attached hydrogens (tertiary/aromatic N) is 1. The van der Waals surface area contributed by atoms with E-state index in [0.717, 1.165) is 32.1 Å². The second-order valence-corrected chi connectivity index (χ2v) is 6.90. The van der Waals surface area contributed by atoms with E-state index in [-0.39, 0.29) is 11.2 Å². The van der Waals surface area contributed by atoms with Gasteiger partial charge in [-0.25, -0.2) is 13.8 Å². The van der Waals surface area contributed by atoms with Crippen LogP contribution < -0.4 is 0 Å². The lowest BCUT2D eigenvalue weighted by Crippen LogP contribution is -2.24. The Labute approximate surface area is 140 Å². The van der Waals surface area contributed by atoms with Crippen molar-refractivity contribution in [3.8, 4) is 0 Å². The fourth-order valence-corrected chi connectivity index (χ4v) is 3.29. The highest BCUT2D eigenvalue weighted by molar-refractivity contribution is 5.20. The zero-order chi connectivity index (χ0) is 17.1. The van der Waals surface area contributed by atoms with Crippen molar-refractivity contribution >= 4 is 0 Å². The lowest BCUT2D eigenvalue weighted by molar-refractivity contribution is 0.117. The van der Waals surface area contributed by atoms with E-state index in [0.29, 0.717) is 5.69 Å². The van der Waals surface area contributed by atoms with Crippen molar-refractivity contribution < 1.29 is 13.2 Å². The Morgan fingerprint density at radius 1 is 0.957 bits per heavy atom. The average Bonchev–Trinajstić information content (AvgIpc) is 3.02. The fraction of sp³-hybridized carbons (Fsp3) is 0.842.